The maximum atomic E-state index is 11.9. The van der Waals surface area contributed by atoms with E-state index in [1.54, 1.807) is 12.1 Å². The fraction of sp³-hybridized carbons (Fsp3) is 0.182. The Morgan fingerprint density at radius 1 is 1.41 bits per heavy atom. The molecule has 2 aromatic rings. The van der Waals surface area contributed by atoms with Crippen LogP contribution in [0.2, 0.25) is 0 Å². The van der Waals surface area contributed by atoms with Crippen LogP contribution in [0.25, 0.3) is 0 Å². The van der Waals surface area contributed by atoms with E-state index in [1.165, 1.54) is 6.20 Å². The first-order valence-electron chi connectivity index (χ1n) is 5.02. The number of nitrogens with one attached hydrogen (secondary N) is 2. The standard InChI is InChI=1S/C11H11BrN4O/c1-6-10(7(2)16-15-6)14-11(17)8-3-4-9(12)13-5-8/h3-5H,1-2H3,(H,14,17)(H,15,16). The third-order valence-electron chi connectivity index (χ3n) is 2.36. The van der Waals surface area contributed by atoms with Crippen molar-refractivity contribution in [3.8, 4) is 0 Å². The number of carbonyl (C=O) groups excluding carboxylic acids is 1. The van der Waals surface area contributed by atoms with Crippen molar-refractivity contribution in [3.05, 3.63) is 39.9 Å². The van der Waals surface area contributed by atoms with Gasteiger partial charge in [0.05, 0.1) is 22.6 Å². The summed E-state index contributed by atoms with van der Waals surface area (Å²) in [4.78, 5) is 15.9. The van der Waals surface area contributed by atoms with Gasteiger partial charge in [-0.15, -0.1) is 0 Å². The Morgan fingerprint density at radius 3 is 2.71 bits per heavy atom. The Labute approximate surface area is 107 Å². The highest BCUT2D eigenvalue weighted by Crippen LogP contribution is 2.17. The quantitative estimate of drug-likeness (QED) is 0.836. The topological polar surface area (TPSA) is 70.7 Å². The van der Waals surface area contributed by atoms with Crippen molar-refractivity contribution in [2.45, 2.75) is 13.8 Å². The third-order valence-corrected chi connectivity index (χ3v) is 2.83. The minimum atomic E-state index is -0.197. The van der Waals surface area contributed by atoms with Crippen LogP contribution in [0.5, 0.6) is 0 Å². The van der Waals surface area contributed by atoms with E-state index in [-0.39, 0.29) is 5.91 Å². The zero-order valence-corrected chi connectivity index (χ0v) is 11.0. The fourth-order valence-corrected chi connectivity index (χ4v) is 1.67. The van der Waals surface area contributed by atoms with Crippen LogP contribution in [0, 0.1) is 13.8 Å². The second-order valence-corrected chi connectivity index (χ2v) is 4.45. The van der Waals surface area contributed by atoms with Crippen LogP contribution < -0.4 is 5.32 Å². The first kappa shape index (κ1) is 11.8. The number of hydrogen-bond donors (Lipinski definition) is 2. The Hall–Kier alpha value is -1.69. The molecule has 2 heterocycles. The van der Waals surface area contributed by atoms with Crippen molar-refractivity contribution < 1.29 is 4.79 Å². The predicted molar refractivity (Wildman–Crippen MR) is 68.0 cm³/mol. The number of nitrogens with zero attached hydrogens (tertiary/aromatic N) is 2. The molecule has 2 N–H and O–H groups in total. The van der Waals surface area contributed by atoms with Crippen LogP contribution in [-0.2, 0) is 0 Å². The molecule has 0 atom stereocenters. The van der Waals surface area contributed by atoms with Crippen LogP contribution in [-0.4, -0.2) is 21.1 Å². The van der Waals surface area contributed by atoms with Gasteiger partial charge in [-0.3, -0.25) is 9.89 Å². The molecule has 2 aromatic heterocycles. The maximum Gasteiger partial charge on any atom is 0.257 e. The number of aryl methyl sites for hydroxylation is 2. The van der Waals surface area contributed by atoms with Gasteiger partial charge in [-0.25, -0.2) is 4.98 Å². The molecule has 88 valence electrons. The van der Waals surface area contributed by atoms with E-state index in [1.807, 2.05) is 13.8 Å². The molecule has 0 bridgehead atoms. The number of halogens is 1. The van der Waals surface area contributed by atoms with Gasteiger partial charge < -0.3 is 5.32 Å². The number of H-pyrrole nitrogens is 1. The molecular weight excluding hydrogens is 284 g/mol. The summed E-state index contributed by atoms with van der Waals surface area (Å²) in [7, 11) is 0. The number of hydrogen-bond acceptors (Lipinski definition) is 3. The lowest BCUT2D eigenvalue weighted by Crippen LogP contribution is -2.13. The third kappa shape index (κ3) is 2.52. The van der Waals surface area contributed by atoms with E-state index in [0.717, 1.165) is 17.1 Å². The summed E-state index contributed by atoms with van der Waals surface area (Å²) in [5.41, 5.74) is 2.83. The molecule has 0 aliphatic heterocycles. The van der Waals surface area contributed by atoms with E-state index in [9.17, 15) is 4.79 Å². The van der Waals surface area contributed by atoms with E-state index in [4.69, 9.17) is 0 Å². The molecule has 17 heavy (non-hydrogen) atoms. The molecular formula is C11H11BrN4O. The molecule has 2 rings (SSSR count). The van der Waals surface area contributed by atoms with Gasteiger partial charge in [-0.05, 0) is 41.9 Å². The second kappa shape index (κ2) is 4.67. The van der Waals surface area contributed by atoms with Crippen molar-refractivity contribution in [2.75, 3.05) is 5.32 Å². The summed E-state index contributed by atoms with van der Waals surface area (Å²) in [6.45, 7) is 3.69. The lowest BCUT2D eigenvalue weighted by Gasteiger charge is -2.04. The molecule has 0 aliphatic carbocycles. The first-order valence-corrected chi connectivity index (χ1v) is 5.81. The van der Waals surface area contributed by atoms with Gasteiger partial charge in [0.2, 0.25) is 0 Å². The molecule has 5 nitrogen and oxygen atoms in total. The smallest absolute Gasteiger partial charge is 0.257 e. The number of anilines is 1. The van der Waals surface area contributed by atoms with E-state index < -0.39 is 0 Å². The molecule has 0 radical (unpaired) electrons. The highest BCUT2D eigenvalue weighted by molar-refractivity contribution is 9.10. The second-order valence-electron chi connectivity index (χ2n) is 3.63. The SMILES string of the molecule is Cc1n[nH]c(C)c1NC(=O)c1ccc(Br)nc1. The van der Waals surface area contributed by atoms with Crippen molar-refractivity contribution >= 4 is 27.5 Å². The van der Waals surface area contributed by atoms with E-state index in [2.05, 4.69) is 36.4 Å². The Balaban J connectivity index is 2.20. The summed E-state index contributed by atoms with van der Waals surface area (Å²) < 4.78 is 0.699. The Morgan fingerprint density at radius 2 is 2.18 bits per heavy atom. The van der Waals surface area contributed by atoms with Gasteiger partial charge in [0.15, 0.2) is 0 Å². The highest BCUT2D eigenvalue weighted by Gasteiger charge is 2.11. The van der Waals surface area contributed by atoms with Gasteiger partial charge in [-0.2, -0.15) is 5.10 Å². The normalized spacial score (nSPS) is 10.3. The minimum absolute atomic E-state index is 0.197. The summed E-state index contributed by atoms with van der Waals surface area (Å²) in [5, 5.41) is 9.64. The maximum absolute atomic E-state index is 11.9. The summed E-state index contributed by atoms with van der Waals surface area (Å²) >= 11 is 3.22. The zero-order valence-electron chi connectivity index (χ0n) is 9.41. The number of pyridine rings is 1. The number of carbonyl (C=O) groups is 1. The van der Waals surface area contributed by atoms with E-state index >= 15 is 0 Å². The van der Waals surface area contributed by atoms with Gasteiger partial charge in [0, 0.05) is 6.20 Å². The van der Waals surface area contributed by atoms with Crippen molar-refractivity contribution in [1.82, 2.24) is 15.2 Å². The zero-order chi connectivity index (χ0) is 12.4. The van der Waals surface area contributed by atoms with Crippen LogP contribution in [0.3, 0.4) is 0 Å². The monoisotopic (exact) mass is 294 g/mol. The van der Waals surface area contributed by atoms with Gasteiger partial charge in [0.25, 0.3) is 5.91 Å². The number of aromatic amines is 1. The average molecular weight is 295 g/mol. The van der Waals surface area contributed by atoms with E-state index in [0.29, 0.717) is 10.2 Å². The predicted octanol–water partition coefficient (Wildman–Crippen LogP) is 2.44. The lowest BCUT2D eigenvalue weighted by molar-refractivity contribution is 0.102. The fourth-order valence-electron chi connectivity index (χ4n) is 1.43. The molecule has 0 fully saturated rings. The lowest BCUT2D eigenvalue weighted by atomic mass is 10.2. The number of aromatic nitrogens is 3. The largest absolute Gasteiger partial charge is 0.319 e. The van der Waals surface area contributed by atoms with Crippen molar-refractivity contribution in [3.63, 3.8) is 0 Å². The number of rotatable bonds is 2. The van der Waals surface area contributed by atoms with Gasteiger partial charge in [0.1, 0.15) is 4.60 Å². The Bertz CT molecular complexity index is 528. The molecule has 6 heteroatoms. The van der Waals surface area contributed by atoms with Crippen molar-refractivity contribution in [2.24, 2.45) is 0 Å². The average Bonchev–Trinajstić information content (AvgIpc) is 2.61. The minimum Gasteiger partial charge on any atom is -0.319 e. The number of amides is 1. The summed E-state index contributed by atoms with van der Waals surface area (Å²) in [6, 6.07) is 3.43. The molecule has 0 aromatic carbocycles. The van der Waals surface area contributed by atoms with Crippen LogP contribution in [0.1, 0.15) is 21.7 Å². The highest BCUT2D eigenvalue weighted by atomic mass is 79.9. The van der Waals surface area contributed by atoms with Gasteiger partial charge in [-0.1, -0.05) is 0 Å². The molecule has 1 amide bonds. The molecule has 0 aliphatic rings. The van der Waals surface area contributed by atoms with Crippen molar-refractivity contribution in [1.29, 1.82) is 0 Å². The van der Waals surface area contributed by atoms with Crippen LogP contribution in [0.4, 0.5) is 5.69 Å². The molecule has 0 saturated heterocycles. The first-order chi connectivity index (χ1) is 8.08. The van der Waals surface area contributed by atoms with Crippen LogP contribution in [0.15, 0.2) is 22.9 Å². The Kier molecular flexibility index (Phi) is 3.23. The summed E-state index contributed by atoms with van der Waals surface area (Å²) in [6.07, 6.45) is 1.52. The molecule has 0 saturated carbocycles. The molecule has 0 spiro atoms. The van der Waals surface area contributed by atoms with Crippen LogP contribution >= 0.6 is 15.9 Å². The summed E-state index contributed by atoms with van der Waals surface area (Å²) in [5.74, 6) is -0.197. The van der Waals surface area contributed by atoms with Gasteiger partial charge >= 0.3 is 0 Å². The molecule has 0 unspecified atom stereocenters.